The number of hydrogen-bond donors (Lipinski definition) is 2. The number of nitrogens with zero attached hydrogens (tertiary/aromatic N) is 1. The van der Waals surface area contributed by atoms with E-state index in [0.717, 1.165) is 37.1 Å². The van der Waals surface area contributed by atoms with Crippen molar-refractivity contribution in [3.05, 3.63) is 71.8 Å². The van der Waals surface area contributed by atoms with Gasteiger partial charge in [-0.05, 0) is 30.4 Å². The molecule has 2 heterocycles. The molecule has 2 aliphatic heterocycles. The van der Waals surface area contributed by atoms with Crippen molar-refractivity contribution in [1.82, 2.24) is 10.2 Å². The molecule has 4 rings (SSSR count). The molecule has 2 aromatic carbocycles. The number of nitrogens with one attached hydrogen (secondary N) is 2. The van der Waals surface area contributed by atoms with Gasteiger partial charge in [-0.1, -0.05) is 60.7 Å². The number of piperidine rings is 1. The van der Waals surface area contributed by atoms with Crippen LogP contribution in [-0.2, 0) is 16.8 Å². The molecule has 27 heavy (non-hydrogen) atoms. The van der Waals surface area contributed by atoms with Crippen molar-refractivity contribution >= 4 is 11.9 Å². The van der Waals surface area contributed by atoms with Crippen LogP contribution in [0.2, 0.25) is 0 Å². The lowest BCUT2D eigenvalue weighted by Gasteiger charge is -2.29. The van der Waals surface area contributed by atoms with E-state index in [2.05, 4.69) is 5.32 Å². The average molecular weight is 364 g/mol. The Morgan fingerprint density at radius 3 is 2.19 bits per heavy atom. The fourth-order valence-electron chi connectivity index (χ4n) is 4.25. The predicted octanol–water partition coefficient (Wildman–Crippen LogP) is 1.70. The highest BCUT2D eigenvalue weighted by molar-refractivity contribution is 6.07. The Hall–Kier alpha value is -2.66. The summed E-state index contributed by atoms with van der Waals surface area (Å²) < 4.78 is 0. The first-order valence-corrected chi connectivity index (χ1v) is 9.76. The monoisotopic (exact) mass is 364 g/mol. The lowest BCUT2D eigenvalue weighted by Crippen LogP contribution is -3.14. The van der Waals surface area contributed by atoms with Gasteiger partial charge in [0.25, 0.3) is 5.91 Å². The molecule has 2 aliphatic rings. The largest absolute Gasteiger partial charge is 0.329 e. The minimum absolute atomic E-state index is 0.138. The predicted molar refractivity (Wildman–Crippen MR) is 103 cm³/mol. The number of likely N-dealkylation sites (tertiary alicyclic amines) is 1. The van der Waals surface area contributed by atoms with Gasteiger partial charge in [0.05, 0.1) is 13.1 Å². The SMILES string of the molecule is O=C1N[C@@](Cc2ccccc2)(c2ccccc2)C(=O)N1C[NH+]1CCCCC1. The van der Waals surface area contributed by atoms with E-state index in [9.17, 15) is 9.59 Å². The van der Waals surface area contributed by atoms with Gasteiger partial charge in [-0.25, -0.2) is 9.69 Å². The van der Waals surface area contributed by atoms with Gasteiger partial charge >= 0.3 is 6.03 Å². The summed E-state index contributed by atoms with van der Waals surface area (Å²) in [6, 6.07) is 19.2. The minimum Gasteiger partial charge on any atom is -0.319 e. The maximum absolute atomic E-state index is 13.5. The van der Waals surface area contributed by atoms with Crippen LogP contribution >= 0.6 is 0 Å². The molecular weight excluding hydrogens is 338 g/mol. The first kappa shape index (κ1) is 17.7. The third kappa shape index (κ3) is 3.47. The topological polar surface area (TPSA) is 53.9 Å². The van der Waals surface area contributed by atoms with Crippen molar-refractivity contribution in [2.75, 3.05) is 19.8 Å². The quantitative estimate of drug-likeness (QED) is 0.794. The maximum atomic E-state index is 13.5. The van der Waals surface area contributed by atoms with E-state index in [-0.39, 0.29) is 11.9 Å². The van der Waals surface area contributed by atoms with Crippen molar-refractivity contribution in [2.45, 2.75) is 31.2 Å². The van der Waals surface area contributed by atoms with E-state index in [4.69, 9.17) is 0 Å². The summed E-state index contributed by atoms with van der Waals surface area (Å²) in [7, 11) is 0. The number of amides is 3. The second-order valence-corrected chi connectivity index (χ2v) is 7.57. The molecule has 5 heteroatoms. The Labute approximate surface area is 160 Å². The fraction of sp³-hybridized carbons (Fsp3) is 0.364. The maximum Gasteiger partial charge on any atom is 0.329 e. The van der Waals surface area contributed by atoms with Crippen LogP contribution in [0.25, 0.3) is 0 Å². The van der Waals surface area contributed by atoms with Crippen LogP contribution in [0.5, 0.6) is 0 Å². The van der Waals surface area contributed by atoms with Crippen LogP contribution in [0, 0.1) is 0 Å². The first-order valence-electron chi connectivity index (χ1n) is 9.76. The zero-order valence-corrected chi connectivity index (χ0v) is 15.5. The van der Waals surface area contributed by atoms with Gasteiger partial charge < -0.3 is 10.2 Å². The van der Waals surface area contributed by atoms with E-state index in [1.165, 1.54) is 16.2 Å². The van der Waals surface area contributed by atoms with E-state index in [0.29, 0.717) is 13.1 Å². The molecule has 0 unspecified atom stereocenters. The molecule has 5 nitrogen and oxygen atoms in total. The van der Waals surface area contributed by atoms with E-state index < -0.39 is 5.54 Å². The Balaban J connectivity index is 1.66. The molecule has 0 bridgehead atoms. The van der Waals surface area contributed by atoms with Crippen molar-refractivity contribution in [3.8, 4) is 0 Å². The molecule has 0 aliphatic carbocycles. The van der Waals surface area contributed by atoms with Crippen molar-refractivity contribution in [1.29, 1.82) is 0 Å². The van der Waals surface area contributed by atoms with Crippen LogP contribution in [0.15, 0.2) is 60.7 Å². The summed E-state index contributed by atoms with van der Waals surface area (Å²) in [5.74, 6) is -0.138. The number of hydrogen-bond acceptors (Lipinski definition) is 2. The summed E-state index contributed by atoms with van der Waals surface area (Å²) in [6.45, 7) is 2.50. The van der Waals surface area contributed by atoms with Crippen molar-refractivity contribution in [3.63, 3.8) is 0 Å². The zero-order chi connectivity index (χ0) is 18.7. The molecule has 0 spiro atoms. The molecular formula is C22H26N3O2+. The Bertz CT molecular complexity index is 803. The molecule has 2 saturated heterocycles. The van der Waals surface area contributed by atoms with E-state index in [1.807, 2.05) is 60.7 Å². The van der Waals surface area contributed by atoms with Crippen LogP contribution in [0.1, 0.15) is 30.4 Å². The van der Waals surface area contributed by atoms with E-state index >= 15 is 0 Å². The second-order valence-electron chi connectivity index (χ2n) is 7.57. The molecule has 0 saturated carbocycles. The number of urea groups is 1. The van der Waals surface area contributed by atoms with Gasteiger partial charge in [-0.15, -0.1) is 0 Å². The highest BCUT2D eigenvalue weighted by Crippen LogP contribution is 2.32. The van der Waals surface area contributed by atoms with Gasteiger partial charge in [0, 0.05) is 6.42 Å². The molecule has 2 N–H and O–H groups in total. The minimum atomic E-state index is -1.03. The van der Waals surface area contributed by atoms with Crippen molar-refractivity contribution in [2.24, 2.45) is 0 Å². The lowest BCUT2D eigenvalue weighted by atomic mass is 9.83. The van der Waals surface area contributed by atoms with Crippen LogP contribution in [0.3, 0.4) is 0 Å². The average Bonchev–Trinajstić information content (AvgIpc) is 2.95. The third-order valence-electron chi connectivity index (χ3n) is 5.70. The number of quaternary nitrogens is 1. The summed E-state index contributed by atoms with van der Waals surface area (Å²) in [5.41, 5.74) is 0.833. The standard InChI is InChI=1S/C22H25N3O2/c26-20-22(19-12-6-2-7-13-19,16-18-10-4-1-5-11-18)23-21(27)25(20)17-24-14-8-3-9-15-24/h1-2,4-7,10-13H,3,8-9,14-17H2,(H,23,27)/p+1/t22-/m0/s1. The summed E-state index contributed by atoms with van der Waals surface area (Å²) in [6.07, 6.45) is 4.01. The number of carbonyl (C=O) groups excluding carboxylic acids is 2. The van der Waals surface area contributed by atoms with Crippen LogP contribution in [-0.4, -0.2) is 36.6 Å². The van der Waals surface area contributed by atoms with Gasteiger partial charge in [-0.3, -0.25) is 4.79 Å². The second kappa shape index (κ2) is 7.53. The number of carbonyl (C=O) groups is 2. The van der Waals surface area contributed by atoms with Gasteiger partial charge in [0.15, 0.2) is 12.2 Å². The van der Waals surface area contributed by atoms with Gasteiger partial charge in [-0.2, -0.15) is 0 Å². The zero-order valence-electron chi connectivity index (χ0n) is 15.5. The lowest BCUT2D eigenvalue weighted by molar-refractivity contribution is -0.912. The Kier molecular flexibility index (Phi) is 4.94. The fourth-order valence-corrected chi connectivity index (χ4v) is 4.25. The van der Waals surface area contributed by atoms with Crippen LogP contribution < -0.4 is 10.2 Å². The van der Waals surface area contributed by atoms with Crippen molar-refractivity contribution < 1.29 is 14.5 Å². The van der Waals surface area contributed by atoms with Crippen LogP contribution in [0.4, 0.5) is 4.79 Å². The molecule has 1 atom stereocenters. The number of benzene rings is 2. The molecule has 0 radical (unpaired) electrons. The van der Waals surface area contributed by atoms with Gasteiger partial charge in [0.1, 0.15) is 0 Å². The summed E-state index contributed by atoms with van der Waals surface area (Å²) in [4.78, 5) is 29.1. The summed E-state index contributed by atoms with van der Waals surface area (Å²) >= 11 is 0. The number of rotatable bonds is 5. The Morgan fingerprint density at radius 2 is 1.52 bits per heavy atom. The van der Waals surface area contributed by atoms with Gasteiger partial charge in [0.2, 0.25) is 0 Å². The Morgan fingerprint density at radius 1 is 0.889 bits per heavy atom. The summed E-state index contributed by atoms with van der Waals surface area (Å²) in [5, 5.41) is 3.05. The molecule has 2 aromatic rings. The number of imide groups is 1. The third-order valence-corrected chi connectivity index (χ3v) is 5.70. The smallest absolute Gasteiger partial charge is 0.319 e. The normalized spacial score (nSPS) is 23.5. The highest BCUT2D eigenvalue weighted by atomic mass is 16.2. The first-order chi connectivity index (χ1) is 13.2. The molecule has 0 aromatic heterocycles. The highest BCUT2D eigenvalue weighted by Gasteiger charge is 2.53. The molecule has 140 valence electrons. The van der Waals surface area contributed by atoms with E-state index in [1.54, 1.807) is 0 Å². The molecule has 2 fully saturated rings. The molecule has 3 amide bonds.